The van der Waals surface area contributed by atoms with E-state index in [1.54, 1.807) is 14.0 Å². The minimum Gasteiger partial charge on any atom is -0.377 e. The molecule has 0 aliphatic carbocycles. The summed E-state index contributed by atoms with van der Waals surface area (Å²) in [5, 5.41) is 10.00. The molecule has 0 amide bonds. The summed E-state index contributed by atoms with van der Waals surface area (Å²) in [4.78, 5) is 0.281. The zero-order valence-corrected chi connectivity index (χ0v) is 13.7. The maximum absolute atomic E-state index is 12.8. The minimum absolute atomic E-state index is 0.00537. The van der Waals surface area contributed by atoms with E-state index in [0.717, 1.165) is 26.0 Å². The van der Waals surface area contributed by atoms with Crippen LogP contribution in [0, 0.1) is 6.92 Å². The highest BCUT2D eigenvalue weighted by Gasteiger charge is 2.30. The number of nitrogens with zero attached hydrogens (tertiary/aromatic N) is 2. The van der Waals surface area contributed by atoms with Gasteiger partial charge in [0, 0.05) is 26.7 Å². The van der Waals surface area contributed by atoms with E-state index in [4.69, 9.17) is 4.74 Å². The summed E-state index contributed by atoms with van der Waals surface area (Å²) in [6.07, 6.45) is 1.90. The van der Waals surface area contributed by atoms with Gasteiger partial charge in [0.2, 0.25) is 10.0 Å². The van der Waals surface area contributed by atoms with E-state index in [-0.39, 0.29) is 11.0 Å². The number of H-pyrrole nitrogens is 1. The van der Waals surface area contributed by atoms with Crippen LogP contribution in [0.3, 0.4) is 0 Å². The van der Waals surface area contributed by atoms with Gasteiger partial charge in [-0.15, -0.1) is 0 Å². The average molecular weight is 316 g/mol. The molecule has 21 heavy (non-hydrogen) atoms. The summed E-state index contributed by atoms with van der Waals surface area (Å²) < 4.78 is 32.4. The number of ether oxygens (including phenoxy) is 1. The Morgan fingerprint density at radius 2 is 2.29 bits per heavy atom. The SMILES string of the molecule is CCNCc1n[nH]c(C)c1S(=O)(=O)N(C)CC1CCCO1. The fourth-order valence-corrected chi connectivity index (χ4v) is 4.03. The molecule has 1 aromatic rings. The summed E-state index contributed by atoms with van der Waals surface area (Å²) in [5.41, 5.74) is 1.11. The Labute approximate surface area is 126 Å². The number of nitrogens with one attached hydrogen (secondary N) is 2. The first-order valence-electron chi connectivity index (χ1n) is 7.29. The van der Waals surface area contributed by atoms with Crippen molar-refractivity contribution in [3.05, 3.63) is 11.4 Å². The van der Waals surface area contributed by atoms with Crippen LogP contribution in [0.4, 0.5) is 0 Å². The van der Waals surface area contributed by atoms with Crippen molar-refractivity contribution in [1.29, 1.82) is 0 Å². The van der Waals surface area contributed by atoms with E-state index in [2.05, 4.69) is 15.5 Å². The Bertz CT molecular complexity index is 564. The lowest BCUT2D eigenvalue weighted by Gasteiger charge is -2.21. The van der Waals surface area contributed by atoms with Crippen LogP contribution in [0.2, 0.25) is 0 Å². The van der Waals surface area contributed by atoms with E-state index >= 15 is 0 Å². The molecule has 0 radical (unpaired) electrons. The van der Waals surface area contributed by atoms with Crippen LogP contribution in [-0.4, -0.2) is 55.8 Å². The van der Waals surface area contributed by atoms with Gasteiger partial charge in [0.05, 0.1) is 17.5 Å². The Hall–Kier alpha value is -0.960. The summed E-state index contributed by atoms with van der Waals surface area (Å²) in [6, 6.07) is 0. The molecular formula is C13H24N4O3S. The van der Waals surface area contributed by atoms with Gasteiger partial charge < -0.3 is 10.1 Å². The van der Waals surface area contributed by atoms with Crippen molar-refractivity contribution in [3.8, 4) is 0 Å². The molecule has 1 unspecified atom stereocenters. The maximum Gasteiger partial charge on any atom is 0.246 e. The molecule has 1 atom stereocenters. The lowest BCUT2D eigenvalue weighted by Crippen LogP contribution is -2.35. The van der Waals surface area contributed by atoms with Crippen molar-refractivity contribution in [2.75, 3.05) is 26.7 Å². The van der Waals surface area contributed by atoms with Crippen LogP contribution >= 0.6 is 0 Å². The molecule has 0 saturated carbocycles. The van der Waals surface area contributed by atoms with E-state index in [0.29, 0.717) is 24.5 Å². The van der Waals surface area contributed by atoms with Crippen LogP contribution < -0.4 is 5.32 Å². The number of hydrogen-bond acceptors (Lipinski definition) is 5. The van der Waals surface area contributed by atoms with Gasteiger partial charge in [0.15, 0.2) is 0 Å². The van der Waals surface area contributed by atoms with Crippen LogP contribution in [0.5, 0.6) is 0 Å². The molecule has 1 aliphatic heterocycles. The number of likely N-dealkylation sites (N-methyl/N-ethyl adjacent to an activating group) is 1. The second-order valence-electron chi connectivity index (χ2n) is 5.33. The van der Waals surface area contributed by atoms with Crippen LogP contribution in [0.15, 0.2) is 4.90 Å². The van der Waals surface area contributed by atoms with Crippen molar-refractivity contribution in [1.82, 2.24) is 19.8 Å². The molecular weight excluding hydrogens is 292 g/mol. The van der Waals surface area contributed by atoms with E-state index in [9.17, 15) is 8.42 Å². The van der Waals surface area contributed by atoms with Crippen LogP contribution in [0.1, 0.15) is 31.2 Å². The highest BCUT2D eigenvalue weighted by atomic mass is 32.2. The molecule has 7 nitrogen and oxygen atoms in total. The third kappa shape index (κ3) is 3.63. The van der Waals surface area contributed by atoms with Crippen LogP contribution in [-0.2, 0) is 21.3 Å². The topological polar surface area (TPSA) is 87.3 Å². The van der Waals surface area contributed by atoms with E-state index in [1.165, 1.54) is 4.31 Å². The number of hydrogen-bond donors (Lipinski definition) is 2. The van der Waals surface area contributed by atoms with Crippen molar-refractivity contribution >= 4 is 10.0 Å². The van der Waals surface area contributed by atoms with Gasteiger partial charge >= 0.3 is 0 Å². The second kappa shape index (κ2) is 6.87. The third-order valence-corrected chi connectivity index (χ3v) is 5.68. The molecule has 1 saturated heterocycles. The van der Waals surface area contributed by atoms with E-state index in [1.807, 2.05) is 6.92 Å². The monoisotopic (exact) mass is 316 g/mol. The molecule has 1 aliphatic rings. The van der Waals surface area contributed by atoms with Crippen LogP contribution in [0.25, 0.3) is 0 Å². The molecule has 120 valence electrons. The Kier molecular flexibility index (Phi) is 5.37. The number of rotatable bonds is 7. The molecule has 0 bridgehead atoms. The molecule has 1 aromatic heterocycles. The Morgan fingerprint density at radius 1 is 1.52 bits per heavy atom. The summed E-state index contributed by atoms with van der Waals surface area (Å²) in [7, 11) is -1.96. The van der Waals surface area contributed by atoms with Gasteiger partial charge in [-0.25, -0.2) is 8.42 Å². The molecule has 0 aromatic carbocycles. The zero-order chi connectivity index (χ0) is 15.5. The summed E-state index contributed by atoms with van der Waals surface area (Å²) in [5.74, 6) is 0. The zero-order valence-electron chi connectivity index (χ0n) is 12.8. The molecule has 2 N–H and O–H groups in total. The Balaban J connectivity index is 2.19. The summed E-state index contributed by atoms with van der Waals surface area (Å²) >= 11 is 0. The van der Waals surface area contributed by atoms with Gasteiger partial charge in [-0.2, -0.15) is 9.40 Å². The number of aromatic nitrogens is 2. The van der Waals surface area contributed by atoms with Gasteiger partial charge in [-0.05, 0) is 26.3 Å². The lowest BCUT2D eigenvalue weighted by molar-refractivity contribution is 0.0978. The molecule has 2 rings (SSSR count). The molecule has 8 heteroatoms. The first kappa shape index (κ1) is 16.4. The molecule has 0 spiro atoms. The highest BCUT2D eigenvalue weighted by molar-refractivity contribution is 7.89. The molecule has 1 fully saturated rings. The normalized spacial score (nSPS) is 19.5. The minimum atomic E-state index is -3.56. The third-order valence-electron chi connectivity index (χ3n) is 3.66. The fraction of sp³-hybridized carbons (Fsp3) is 0.769. The predicted molar refractivity (Wildman–Crippen MR) is 79.5 cm³/mol. The van der Waals surface area contributed by atoms with E-state index < -0.39 is 10.0 Å². The average Bonchev–Trinajstić information content (AvgIpc) is 3.06. The first-order chi connectivity index (χ1) is 9.96. The van der Waals surface area contributed by atoms with Crippen molar-refractivity contribution < 1.29 is 13.2 Å². The lowest BCUT2D eigenvalue weighted by atomic mass is 10.2. The van der Waals surface area contributed by atoms with Gasteiger partial charge in [0.1, 0.15) is 4.90 Å². The predicted octanol–water partition coefficient (Wildman–Crippen LogP) is 0.627. The number of sulfonamides is 1. The highest BCUT2D eigenvalue weighted by Crippen LogP contribution is 2.23. The standard InChI is InChI=1S/C13H24N4O3S/c1-4-14-8-12-13(10(2)15-16-12)21(18,19)17(3)9-11-6-5-7-20-11/h11,14H,4-9H2,1-3H3,(H,15,16). The van der Waals surface area contributed by atoms with Crippen molar-refractivity contribution in [2.24, 2.45) is 0 Å². The van der Waals surface area contributed by atoms with Gasteiger partial charge in [-0.1, -0.05) is 6.92 Å². The number of aromatic amines is 1. The second-order valence-corrected chi connectivity index (χ2v) is 7.31. The fourth-order valence-electron chi connectivity index (χ4n) is 2.50. The van der Waals surface area contributed by atoms with Crippen molar-refractivity contribution in [3.63, 3.8) is 0 Å². The quantitative estimate of drug-likeness (QED) is 0.770. The first-order valence-corrected chi connectivity index (χ1v) is 8.73. The summed E-state index contributed by atoms with van der Waals surface area (Å²) in [6.45, 7) is 6.00. The largest absolute Gasteiger partial charge is 0.377 e. The maximum atomic E-state index is 12.8. The smallest absolute Gasteiger partial charge is 0.246 e. The molecule has 2 heterocycles. The Morgan fingerprint density at radius 3 is 2.90 bits per heavy atom. The van der Waals surface area contributed by atoms with Gasteiger partial charge in [0.25, 0.3) is 0 Å². The van der Waals surface area contributed by atoms with Gasteiger partial charge in [-0.3, -0.25) is 5.10 Å². The van der Waals surface area contributed by atoms with Crippen molar-refractivity contribution in [2.45, 2.75) is 44.2 Å². The number of aryl methyl sites for hydroxylation is 1.